The second-order valence-electron chi connectivity index (χ2n) is 31.0. The van der Waals surface area contributed by atoms with Crippen LogP contribution in [0.2, 0.25) is 10.0 Å². The number of unbranched alkanes of at least 4 members (excludes halogenated alkanes) is 7. The van der Waals surface area contributed by atoms with Crippen molar-refractivity contribution in [3.05, 3.63) is 117 Å². The Balaban J connectivity index is 1.17. The Bertz CT molecular complexity index is 4450. The van der Waals surface area contributed by atoms with Crippen molar-refractivity contribution < 1.29 is 118 Å². The van der Waals surface area contributed by atoms with Gasteiger partial charge in [0.25, 0.3) is 0 Å². The first-order chi connectivity index (χ1) is 54.9. The predicted molar refractivity (Wildman–Crippen MR) is 418 cm³/mol. The van der Waals surface area contributed by atoms with E-state index < -0.39 is 236 Å². The van der Waals surface area contributed by atoms with Gasteiger partial charge in [-0.25, -0.2) is 4.79 Å². The van der Waals surface area contributed by atoms with Crippen LogP contribution in [0.5, 0.6) is 46.0 Å². The third-order valence-electron chi connectivity index (χ3n) is 21.7. The number of hydrogen-bond donors (Lipinski definition) is 20. The maximum Gasteiger partial charge on any atom is 0.330 e. The summed E-state index contributed by atoms with van der Waals surface area (Å²) in [7, 11) is 1.48. The van der Waals surface area contributed by atoms with E-state index in [1.165, 1.54) is 57.4 Å². The number of aromatic hydroxyl groups is 3. The molecule has 7 aliphatic rings. The third kappa shape index (κ3) is 20.0. The number of nitrogens with one attached hydrogen (secondary N) is 9. The standard InChI is InChI=1S/C80H104Cl2N10O24/c1-9-10-11-12-13-14-15-16-23-85-24-25-86-78(5)35-58(111-38(4)67(78)100)115-66-64(99)63(98)56(36-93)114-75(66)116-65-54-30-42-31-55(65)113-53-22-19-41(29-47(53)82)69(102)80(7)77(110)90-62(74(107)108)45-32-43(94)33-51(96)59(45)44-27-39(17-20-50(44)95)60(73(106)92-80)89-72(105)61(42)88-70(103)49(34-57(83)97)87-76(109)79(6,91-71(104)48(84-8)26-37(2)3)68(101)40-18-21-52(112-54)46(81)28-40/h17-22,27-33,37-38,48-49,56,58,60-64,66-69,75,84-86,93-96,98-102H,9-16,23-26,34-36H2,1-8H3,(H2,83,97)(H,87,109)(H,88,103)(H,89,105)(H,90,110)(H,91,104)(H,92,106)(H,107,108)/t38-,48+,49-,56+,58-,60+,61+,62+,63+,64-,66+,67?,68+,69+,75-,78-,79+,80-/m0/s1. The van der Waals surface area contributed by atoms with Gasteiger partial charge in [-0.3, -0.25) is 33.6 Å². The van der Waals surface area contributed by atoms with Crippen LogP contribution in [0.15, 0.2) is 78.9 Å². The zero-order chi connectivity index (χ0) is 84.6. The largest absolute Gasteiger partial charge is 0.508 e. The molecule has 7 amide bonds. The quantitative estimate of drug-likeness (QED) is 0.0344. The maximum absolute atomic E-state index is 16.3. The molecule has 116 heavy (non-hydrogen) atoms. The minimum Gasteiger partial charge on any atom is -0.508 e. The number of likely N-dealkylation sites (N-methyl/N-ethyl adjacent to an activating group) is 1. The summed E-state index contributed by atoms with van der Waals surface area (Å²) < 4.78 is 39.5. The van der Waals surface area contributed by atoms with Gasteiger partial charge in [-0.05, 0) is 137 Å². The van der Waals surface area contributed by atoms with E-state index in [1.54, 1.807) is 13.8 Å². The number of phenols is 3. The molecule has 0 spiro atoms. The number of carbonyl (C=O) groups is 8. The van der Waals surface area contributed by atoms with E-state index in [4.69, 9.17) is 57.4 Å². The number of phenolic OH excluding ortho intramolecular Hbond substituents is 3. The Kier molecular flexibility index (Phi) is 29.2. The molecule has 21 N–H and O–H groups in total. The first kappa shape index (κ1) is 89.1. The molecule has 0 aliphatic carbocycles. The van der Waals surface area contributed by atoms with Crippen molar-refractivity contribution in [1.82, 2.24) is 47.9 Å². The van der Waals surface area contributed by atoms with Crippen molar-refractivity contribution in [2.24, 2.45) is 11.7 Å². The van der Waals surface area contributed by atoms with Gasteiger partial charge in [-0.15, -0.1) is 0 Å². The number of hydrogen-bond acceptors (Lipinski definition) is 26. The molecule has 7 heterocycles. The molecule has 0 radical (unpaired) electrons. The van der Waals surface area contributed by atoms with Crippen LogP contribution in [-0.2, 0) is 52.6 Å². The fourth-order valence-electron chi connectivity index (χ4n) is 15.0. The Labute approximate surface area is 679 Å². The van der Waals surface area contributed by atoms with E-state index in [9.17, 15) is 65.4 Å². The van der Waals surface area contributed by atoms with Crippen LogP contribution in [-0.4, -0.2) is 210 Å². The summed E-state index contributed by atoms with van der Waals surface area (Å²) in [6, 6.07) is 3.81. The van der Waals surface area contributed by atoms with E-state index in [2.05, 4.69) is 54.8 Å². The Hall–Kier alpha value is -9.24. The number of fused-ring (bicyclic) bond motifs is 15. The van der Waals surface area contributed by atoms with Crippen molar-refractivity contribution in [2.45, 2.75) is 227 Å². The van der Waals surface area contributed by atoms with Crippen LogP contribution in [0.3, 0.4) is 0 Å². The van der Waals surface area contributed by atoms with Crippen LogP contribution >= 0.6 is 23.2 Å². The SMILES string of the molecule is CCCCCCCCCCNCCN[C@@]1(C)C[C@H](O[C@H]2[C@H](Oc3c4cc5cc3Oc3ccc(cc3Cl)[C@@H](O)[C@]3(C)NC(=O)[C@H](NC(=O)[C@@H]5NC(=O)[C@H](CC(N)=O)NC(=O)[C@](C)(NC(=O)[C@@H](CC(C)C)NC)[C@H](O)c5ccc(c(Cl)c5)O4)c4ccc(O)c(c4)-c4c(O)cc(O)cc4[C@H](C(=O)O)NC3=O)O[C@H](CO)[C@@H](O)[C@@H]2O)O[C@@H](C)C1O. The van der Waals surface area contributed by atoms with E-state index >= 15 is 24.0 Å². The van der Waals surface area contributed by atoms with Crippen molar-refractivity contribution in [3.8, 4) is 57.1 Å². The smallest absolute Gasteiger partial charge is 0.330 e. The molecule has 12 rings (SSSR count). The van der Waals surface area contributed by atoms with Crippen LogP contribution in [0.1, 0.15) is 177 Å². The lowest BCUT2D eigenvalue weighted by molar-refractivity contribution is -0.334. The van der Waals surface area contributed by atoms with E-state index in [1.807, 2.05) is 13.8 Å². The van der Waals surface area contributed by atoms with Crippen molar-refractivity contribution in [1.29, 1.82) is 0 Å². The van der Waals surface area contributed by atoms with Crippen LogP contribution in [0.4, 0.5) is 0 Å². The van der Waals surface area contributed by atoms with Gasteiger partial charge in [-0.1, -0.05) is 107 Å². The molecule has 632 valence electrons. The molecular weight excluding hydrogens is 1560 g/mol. The number of rotatable bonds is 26. The van der Waals surface area contributed by atoms with Crippen molar-refractivity contribution in [3.63, 3.8) is 0 Å². The first-order valence-corrected chi connectivity index (χ1v) is 39.4. The molecular formula is C80H104Cl2N10O24. The molecule has 36 heteroatoms. The normalized spacial score (nSPS) is 28.5. The number of carboxylic acids is 1. The second kappa shape index (κ2) is 38.0. The summed E-state index contributed by atoms with van der Waals surface area (Å²) >= 11 is 14.4. The number of aliphatic hydroxyl groups is 6. The number of ether oxygens (including phenoxy) is 6. The molecule has 5 aromatic rings. The molecule has 34 nitrogen and oxygen atoms in total. The number of benzene rings is 5. The molecule has 1 unspecified atom stereocenters. The van der Waals surface area contributed by atoms with Crippen molar-refractivity contribution in [2.75, 3.05) is 33.3 Å². The fraction of sp³-hybridized carbons (Fsp3) is 0.525. The number of amides is 7. The van der Waals surface area contributed by atoms with Crippen molar-refractivity contribution >= 4 is 70.5 Å². The summed E-state index contributed by atoms with van der Waals surface area (Å²) in [5, 5.41) is 141. The highest BCUT2D eigenvalue weighted by Gasteiger charge is 2.54. The molecule has 2 fully saturated rings. The zero-order valence-corrected chi connectivity index (χ0v) is 66.9. The summed E-state index contributed by atoms with van der Waals surface area (Å²) in [4.78, 5) is 119. The molecule has 5 aromatic carbocycles. The maximum atomic E-state index is 16.3. The fourth-order valence-corrected chi connectivity index (χ4v) is 15.5. The van der Waals surface area contributed by atoms with E-state index in [-0.39, 0.29) is 46.2 Å². The molecule has 11 bridgehead atoms. The minimum atomic E-state index is -2.80. The Morgan fingerprint density at radius 1 is 0.681 bits per heavy atom. The zero-order valence-electron chi connectivity index (χ0n) is 65.4. The Morgan fingerprint density at radius 3 is 1.90 bits per heavy atom. The minimum absolute atomic E-state index is 0.110. The number of aliphatic hydroxyl groups excluding tert-OH is 6. The lowest BCUT2D eigenvalue weighted by atomic mass is 9.85. The molecule has 7 aliphatic heterocycles. The van der Waals surface area contributed by atoms with Crippen LogP contribution in [0, 0.1) is 5.92 Å². The van der Waals surface area contributed by atoms with Gasteiger partial charge in [0, 0.05) is 47.8 Å². The van der Waals surface area contributed by atoms with Gasteiger partial charge in [0.15, 0.2) is 29.9 Å². The van der Waals surface area contributed by atoms with Crippen LogP contribution < -0.4 is 67.8 Å². The number of aliphatic carboxylic acids is 1. The summed E-state index contributed by atoms with van der Waals surface area (Å²) in [6.07, 6.45) is -9.20. The third-order valence-corrected chi connectivity index (χ3v) is 22.3. The molecule has 18 atom stereocenters. The first-order valence-electron chi connectivity index (χ1n) is 38.6. The van der Waals surface area contributed by atoms with Gasteiger partial charge in [0.1, 0.15) is 88.5 Å². The van der Waals surface area contributed by atoms with Crippen LogP contribution in [0.25, 0.3) is 11.1 Å². The van der Waals surface area contributed by atoms with E-state index in [0.29, 0.717) is 13.1 Å². The van der Waals surface area contributed by atoms with Gasteiger partial charge in [0.05, 0.1) is 41.3 Å². The average molecular weight is 1660 g/mol. The highest BCUT2D eigenvalue weighted by molar-refractivity contribution is 6.32. The number of carboxylic acid groups (broad SMARTS) is 1. The molecule has 0 aromatic heterocycles. The highest BCUT2D eigenvalue weighted by Crippen LogP contribution is 2.51. The van der Waals surface area contributed by atoms with Gasteiger partial charge in [-0.2, -0.15) is 0 Å². The lowest BCUT2D eigenvalue weighted by Gasteiger charge is -2.48. The number of primary amides is 1. The molecule has 2 saturated heterocycles. The number of nitrogens with two attached hydrogens (primary N) is 1. The lowest BCUT2D eigenvalue weighted by Crippen LogP contribution is -2.65. The number of halogens is 2. The monoisotopic (exact) mass is 1660 g/mol. The molecule has 0 saturated carbocycles. The number of carbonyl (C=O) groups excluding carboxylic acids is 7. The highest BCUT2D eigenvalue weighted by atomic mass is 35.5. The van der Waals surface area contributed by atoms with E-state index in [0.717, 1.165) is 100 Å². The summed E-state index contributed by atoms with van der Waals surface area (Å²) in [5.74, 6) is -16.0. The Morgan fingerprint density at radius 2 is 1.29 bits per heavy atom. The topological polar surface area (TPSA) is 529 Å². The summed E-state index contributed by atoms with van der Waals surface area (Å²) in [6.45, 7) is 12.0. The van der Waals surface area contributed by atoms with Gasteiger partial charge < -0.3 is 133 Å². The van der Waals surface area contributed by atoms with Gasteiger partial charge in [0.2, 0.25) is 53.4 Å². The average Bonchev–Trinajstić information content (AvgIpc) is 0.755. The second-order valence-corrected chi connectivity index (χ2v) is 31.8. The predicted octanol–water partition coefficient (Wildman–Crippen LogP) is 4.25. The van der Waals surface area contributed by atoms with Gasteiger partial charge >= 0.3 is 5.97 Å². The summed E-state index contributed by atoms with van der Waals surface area (Å²) in [5.41, 5.74) is -3.49.